The zero-order valence-corrected chi connectivity index (χ0v) is 18.0. The number of benzene rings is 2. The summed E-state index contributed by atoms with van der Waals surface area (Å²) in [6, 6.07) is 16.9. The van der Waals surface area contributed by atoms with E-state index in [2.05, 4.69) is 69.3 Å². The molecule has 4 rings (SSSR count). The van der Waals surface area contributed by atoms with Gasteiger partial charge in [0, 0.05) is 19.0 Å². The van der Waals surface area contributed by atoms with Crippen molar-refractivity contribution in [1.29, 1.82) is 0 Å². The van der Waals surface area contributed by atoms with Crippen LogP contribution in [0.5, 0.6) is 0 Å². The predicted molar refractivity (Wildman–Crippen MR) is 118 cm³/mol. The Balaban J connectivity index is 1.33. The summed E-state index contributed by atoms with van der Waals surface area (Å²) in [5.74, 6) is 0.877. The zero-order valence-electron chi connectivity index (χ0n) is 18.0. The molecule has 3 heteroatoms. The van der Waals surface area contributed by atoms with Gasteiger partial charge < -0.3 is 9.64 Å². The molecule has 0 N–H and O–H groups in total. The molecule has 1 amide bonds. The summed E-state index contributed by atoms with van der Waals surface area (Å²) >= 11 is 0. The fraction of sp³-hybridized carbons (Fsp3) is 0.500. The van der Waals surface area contributed by atoms with Crippen LogP contribution < -0.4 is 0 Å². The lowest BCUT2D eigenvalue weighted by atomic mass is 9.83. The Hall–Kier alpha value is -2.29. The van der Waals surface area contributed by atoms with E-state index in [1.165, 1.54) is 35.1 Å². The molecular formula is C26H33NO2. The van der Waals surface area contributed by atoms with Crippen LogP contribution in [0.3, 0.4) is 0 Å². The minimum absolute atomic E-state index is 0.135. The van der Waals surface area contributed by atoms with Crippen molar-refractivity contribution in [2.75, 3.05) is 19.7 Å². The van der Waals surface area contributed by atoms with E-state index in [-0.39, 0.29) is 12.0 Å². The largest absolute Gasteiger partial charge is 0.448 e. The first-order valence-electron chi connectivity index (χ1n) is 11.0. The Morgan fingerprint density at radius 1 is 0.966 bits per heavy atom. The van der Waals surface area contributed by atoms with Gasteiger partial charge in [0.05, 0.1) is 0 Å². The molecule has 0 aromatic heterocycles. The molecule has 0 atom stereocenters. The lowest BCUT2D eigenvalue weighted by Gasteiger charge is -2.33. The van der Waals surface area contributed by atoms with Crippen molar-refractivity contribution < 1.29 is 9.53 Å². The van der Waals surface area contributed by atoms with E-state index < -0.39 is 0 Å². The minimum Gasteiger partial charge on any atom is -0.448 e. The third-order valence-electron chi connectivity index (χ3n) is 6.51. The van der Waals surface area contributed by atoms with Crippen molar-refractivity contribution in [3.8, 4) is 11.1 Å². The van der Waals surface area contributed by atoms with Crippen LogP contribution in [0.2, 0.25) is 0 Å². The number of nitrogens with zero attached hydrogens (tertiary/aromatic N) is 1. The smallest absolute Gasteiger partial charge is 0.409 e. The van der Waals surface area contributed by atoms with Crippen molar-refractivity contribution in [2.45, 2.75) is 52.4 Å². The maximum Gasteiger partial charge on any atom is 0.409 e. The van der Waals surface area contributed by atoms with Crippen LogP contribution in [0.15, 0.2) is 48.5 Å². The molecule has 0 radical (unpaired) electrons. The molecule has 2 aromatic carbocycles. The molecule has 29 heavy (non-hydrogen) atoms. The highest BCUT2D eigenvalue weighted by atomic mass is 16.6. The van der Waals surface area contributed by atoms with Gasteiger partial charge in [-0.3, -0.25) is 0 Å². The fourth-order valence-electron chi connectivity index (χ4n) is 4.73. The fourth-order valence-corrected chi connectivity index (χ4v) is 4.73. The number of fused-ring (bicyclic) bond motifs is 3. The van der Waals surface area contributed by atoms with E-state index in [1.807, 2.05) is 4.90 Å². The second-order valence-electron chi connectivity index (χ2n) is 9.83. The monoisotopic (exact) mass is 391 g/mol. The Morgan fingerprint density at radius 3 is 2.07 bits per heavy atom. The number of rotatable bonds is 4. The van der Waals surface area contributed by atoms with E-state index in [0.717, 1.165) is 31.8 Å². The van der Waals surface area contributed by atoms with E-state index in [9.17, 15) is 4.79 Å². The van der Waals surface area contributed by atoms with Gasteiger partial charge in [-0.15, -0.1) is 0 Å². The highest BCUT2D eigenvalue weighted by Crippen LogP contribution is 2.44. The molecule has 3 nitrogen and oxygen atoms in total. The summed E-state index contributed by atoms with van der Waals surface area (Å²) in [6.07, 6.45) is 4.56. The number of hydrogen-bond donors (Lipinski definition) is 0. The second-order valence-corrected chi connectivity index (χ2v) is 9.83. The second kappa shape index (κ2) is 8.22. The first-order chi connectivity index (χ1) is 13.9. The highest BCUT2D eigenvalue weighted by Gasteiger charge is 2.30. The summed E-state index contributed by atoms with van der Waals surface area (Å²) in [6.45, 7) is 8.98. The number of carbonyl (C=O) groups is 1. The van der Waals surface area contributed by atoms with Crippen LogP contribution in [-0.4, -0.2) is 30.7 Å². The quantitative estimate of drug-likeness (QED) is 0.597. The molecule has 2 aromatic rings. The number of amides is 1. The van der Waals surface area contributed by atoms with E-state index in [0.29, 0.717) is 12.0 Å². The SMILES string of the molecule is CC(C)(C)CCC1CCN(C(=O)OCC2c3ccccc3-c3ccccc32)CC1. The third-order valence-corrected chi connectivity index (χ3v) is 6.51. The van der Waals surface area contributed by atoms with Crippen molar-refractivity contribution in [1.82, 2.24) is 4.90 Å². The van der Waals surface area contributed by atoms with E-state index in [4.69, 9.17) is 4.74 Å². The molecule has 1 fully saturated rings. The first-order valence-corrected chi connectivity index (χ1v) is 11.0. The lowest BCUT2D eigenvalue weighted by Crippen LogP contribution is -2.39. The third kappa shape index (κ3) is 4.49. The number of hydrogen-bond acceptors (Lipinski definition) is 2. The molecule has 0 bridgehead atoms. The molecule has 1 aliphatic heterocycles. The van der Waals surface area contributed by atoms with Crippen molar-refractivity contribution in [3.05, 3.63) is 59.7 Å². The summed E-state index contributed by atoms with van der Waals surface area (Å²) in [4.78, 5) is 14.6. The van der Waals surface area contributed by atoms with Crippen molar-refractivity contribution in [3.63, 3.8) is 0 Å². The number of likely N-dealkylation sites (tertiary alicyclic amines) is 1. The topological polar surface area (TPSA) is 29.5 Å². The van der Waals surface area contributed by atoms with Gasteiger partial charge in [0.25, 0.3) is 0 Å². The maximum atomic E-state index is 12.7. The van der Waals surface area contributed by atoms with Crippen LogP contribution in [-0.2, 0) is 4.74 Å². The Bertz CT molecular complexity index is 814. The van der Waals surface area contributed by atoms with Gasteiger partial charge in [-0.1, -0.05) is 69.3 Å². The summed E-state index contributed by atoms with van der Waals surface area (Å²) in [5.41, 5.74) is 5.46. The maximum absolute atomic E-state index is 12.7. The normalized spacial score (nSPS) is 17.1. The van der Waals surface area contributed by atoms with Gasteiger partial charge in [-0.2, -0.15) is 0 Å². The molecule has 2 aliphatic rings. The molecule has 1 saturated heterocycles. The standard InChI is InChI=1S/C26H33NO2/c1-26(2,3)15-12-19-13-16-27(17-14-19)25(28)29-18-24-22-10-6-4-8-20(22)21-9-5-7-11-23(21)24/h4-11,19,24H,12-18H2,1-3H3. The van der Waals surface area contributed by atoms with Crippen LogP contribution >= 0.6 is 0 Å². The van der Waals surface area contributed by atoms with E-state index >= 15 is 0 Å². The lowest BCUT2D eigenvalue weighted by molar-refractivity contribution is 0.0834. The van der Waals surface area contributed by atoms with Gasteiger partial charge in [-0.05, 0) is 59.3 Å². The Kier molecular flexibility index (Phi) is 5.67. The number of carbonyl (C=O) groups excluding carboxylic acids is 1. The predicted octanol–water partition coefficient (Wildman–Crippen LogP) is 6.47. The Morgan fingerprint density at radius 2 is 1.52 bits per heavy atom. The summed E-state index contributed by atoms with van der Waals surface area (Å²) in [7, 11) is 0. The molecule has 154 valence electrons. The van der Waals surface area contributed by atoms with Crippen LogP contribution in [0.1, 0.15) is 63.5 Å². The highest BCUT2D eigenvalue weighted by molar-refractivity contribution is 5.79. The molecule has 1 heterocycles. The Labute approximate surface area is 175 Å². The molecule has 1 aliphatic carbocycles. The zero-order chi connectivity index (χ0) is 20.4. The molecule has 0 saturated carbocycles. The van der Waals surface area contributed by atoms with E-state index in [1.54, 1.807) is 0 Å². The van der Waals surface area contributed by atoms with Crippen LogP contribution in [0, 0.1) is 11.3 Å². The molecular weight excluding hydrogens is 358 g/mol. The molecule has 0 unspecified atom stereocenters. The van der Waals surface area contributed by atoms with Crippen molar-refractivity contribution >= 4 is 6.09 Å². The minimum atomic E-state index is -0.152. The summed E-state index contributed by atoms with van der Waals surface area (Å²) < 4.78 is 5.82. The van der Waals surface area contributed by atoms with Gasteiger partial charge in [0.15, 0.2) is 0 Å². The van der Waals surface area contributed by atoms with Crippen LogP contribution in [0.4, 0.5) is 4.79 Å². The van der Waals surface area contributed by atoms with Gasteiger partial charge >= 0.3 is 6.09 Å². The number of ether oxygens (including phenoxy) is 1. The summed E-state index contributed by atoms with van der Waals surface area (Å²) in [5, 5.41) is 0. The van der Waals surface area contributed by atoms with Gasteiger partial charge in [-0.25, -0.2) is 4.79 Å². The van der Waals surface area contributed by atoms with Crippen molar-refractivity contribution in [2.24, 2.45) is 11.3 Å². The van der Waals surface area contributed by atoms with Gasteiger partial charge in [0.2, 0.25) is 0 Å². The van der Waals surface area contributed by atoms with Crippen LogP contribution in [0.25, 0.3) is 11.1 Å². The average Bonchev–Trinajstić information content (AvgIpc) is 3.04. The average molecular weight is 392 g/mol. The van der Waals surface area contributed by atoms with Gasteiger partial charge in [0.1, 0.15) is 6.61 Å². The first kappa shape index (κ1) is 20.0. The molecule has 0 spiro atoms. The number of piperidine rings is 1.